The summed E-state index contributed by atoms with van der Waals surface area (Å²) in [6.45, 7) is 0. The standard InChI is InChI=1S/C23H26N2O9/c1-30-14-8-6-12(10-16(14)32-3)18-19(23(27)34-5)22(26)24-20(21(18)25(28)29)13-7-9-15(31-2)17(11-13)33-4/h6-11,18-21H,1-5H3,(H,24,26). The van der Waals surface area contributed by atoms with Gasteiger partial charge in [0.15, 0.2) is 23.0 Å². The smallest absolute Gasteiger partial charge is 0.319 e. The van der Waals surface area contributed by atoms with Crippen molar-refractivity contribution in [3.05, 3.63) is 57.6 Å². The van der Waals surface area contributed by atoms with Crippen molar-refractivity contribution in [2.24, 2.45) is 5.92 Å². The molecule has 11 heteroatoms. The van der Waals surface area contributed by atoms with Gasteiger partial charge >= 0.3 is 5.97 Å². The van der Waals surface area contributed by atoms with Crippen LogP contribution in [-0.2, 0) is 14.3 Å². The minimum Gasteiger partial charge on any atom is -0.493 e. The first-order valence-electron chi connectivity index (χ1n) is 10.3. The molecule has 0 radical (unpaired) electrons. The van der Waals surface area contributed by atoms with Crippen LogP contribution in [-0.4, -0.2) is 58.4 Å². The lowest BCUT2D eigenvalue weighted by Crippen LogP contribution is -2.56. The monoisotopic (exact) mass is 474 g/mol. The molecule has 0 saturated carbocycles. The van der Waals surface area contributed by atoms with Crippen molar-refractivity contribution >= 4 is 11.9 Å². The number of nitro groups is 1. The lowest BCUT2D eigenvalue weighted by atomic mass is 9.73. The molecule has 1 aliphatic heterocycles. The Morgan fingerprint density at radius 1 is 0.853 bits per heavy atom. The summed E-state index contributed by atoms with van der Waals surface area (Å²) in [4.78, 5) is 37.7. The molecule has 11 nitrogen and oxygen atoms in total. The van der Waals surface area contributed by atoms with Crippen molar-refractivity contribution in [1.29, 1.82) is 0 Å². The molecule has 2 aromatic rings. The van der Waals surface area contributed by atoms with Crippen molar-refractivity contribution in [2.75, 3.05) is 35.5 Å². The van der Waals surface area contributed by atoms with Crippen LogP contribution in [0.5, 0.6) is 23.0 Å². The number of benzene rings is 2. The van der Waals surface area contributed by atoms with E-state index >= 15 is 0 Å². The molecule has 1 amide bonds. The van der Waals surface area contributed by atoms with Crippen LogP contribution in [0, 0.1) is 16.0 Å². The lowest BCUT2D eigenvalue weighted by Gasteiger charge is -2.37. The molecule has 4 unspecified atom stereocenters. The molecule has 34 heavy (non-hydrogen) atoms. The van der Waals surface area contributed by atoms with Crippen LogP contribution in [0.3, 0.4) is 0 Å². The number of piperidine rings is 1. The van der Waals surface area contributed by atoms with Gasteiger partial charge in [-0.25, -0.2) is 0 Å². The molecule has 0 aromatic heterocycles. The number of carbonyl (C=O) groups is 2. The Bertz CT molecular complexity index is 1090. The van der Waals surface area contributed by atoms with Gasteiger partial charge in [-0.2, -0.15) is 0 Å². The highest BCUT2D eigenvalue weighted by atomic mass is 16.6. The number of esters is 1. The maximum absolute atomic E-state index is 13.1. The van der Waals surface area contributed by atoms with Crippen molar-refractivity contribution in [3.8, 4) is 23.0 Å². The second-order valence-corrected chi connectivity index (χ2v) is 7.52. The minimum atomic E-state index is -1.45. The Kier molecular flexibility index (Phi) is 7.44. The zero-order valence-corrected chi connectivity index (χ0v) is 19.4. The van der Waals surface area contributed by atoms with Gasteiger partial charge in [0, 0.05) is 4.92 Å². The van der Waals surface area contributed by atoms with Crippen molar-refractivity contribution < 1.29 is 38.2 Å². The SMILES string of the molecule is COC(=O)C1C(=O)NC(c2ccc(OC)c(OC)c2)C([N+](=O)[O-])C1c1ccc(OC)c(OC)c1. The third-order valence-electron chi connectivity index (χ3n) is 5.91. The van der Waals surface area contributed by atoms with Gasteiger partial charge in [-0.05, 0) is 35.4 Å². The largest absolute Gasteiger partial charge is 0.493 e. The number of hydrogen-bond donors (Lipinski definition) is 1. The summed E-state index contributed by atoms with van der Waals surface area (Å²) >= 11 is 0. The van der Waals surface area contributed by atoms with Gasteiger partial charge in [-0.1, -0.05) is 12.1 Å². The highest BCUT2D eigenvalue weighted by molar-refractivity contribution is 6.00. The van der Waals surface area contributed by atoms with Crippen LogP contribution in [0.15, 0.2) is 36.4 Å². The maximum Gasteiger partial charge on any atom is 0.319 e. The van der Waals surface area contributed by atoms with Crippen LogP contribution in [0.1, 0.15) is 23.1 Å². The first kappa shape index (κ1) is 24.6. The molecular formula is C23H26N2O9. The van der Waals surface area contributed by atoms with E-state index < -0.39 is 40.7 Å². The summed E-state index contributed by atoms with van der Waals surface area (Å²) in [7, 11) is 6.91. The number of methoxy groups -OCH3 is 5. The van der Waals surface area contributed by atoms with Gasteiger partial charge in [0.2, 0.25) is 11.9 Å². The highest BCUT2D eigenvalue weighted by Crippen LogP contribution is 2.44. The first-order valence-corrected chi connectivity index (χ1v) is 10.3. The molecule has 2 aromatic carbocycles. The molecular weight excluding hydrogens is 448 g/mol. The number of nitrogens with zero attached hydrogens (tertiary/aromatic N) is 1. The molecule has 0 spiro atoms. The summed E-state index contributed by atoms with van der Waals surface area (Å²) in [6.07, 6.45) is 0. The molecule has 1 fully saturated rings. The second kappa shape index (κ2) is 10.3. The molecule has 4 atom stereocenters. The highest BCUT2D eigenvalue weighted by Gasteiger charge is 2.55. The predicted molar refractivity (Wildman–Crippen MR) is 119 cm³/mol. The molecule has 182 valence electrons. The number of hydrogen-bond acceptors (Lipinski definition) is 9. The normalized spacial score (nSPS) is 21.7. The lowest BCUT2D eigenvalue weighted by molar-refractivity contribution is -0.534. The van der Waals surface area contributed by atoms with Gasteiger partial charge < -0.3 is 29.0 Å². The molecule has 3 rings (SSSR count). The summed E-state index contributed by atoms with van der Waals surface area (Å²) < 4.78 is 26.0. The van der Waals surface area contributed by atoms with Gasteiger partial charge in [-0.3, -0.25) is 19.7 Å². The Morgan fingerprint density at radius 2 is 1.35 bits per heavy atom. The van der Waals surface area contributed by atoms with E-state index in [9.17, 15) is 19.7 Å². The van der Waals surface area contributed by atoms with E-state index in [-0.39, 0.29) is 0 Å². The van der Waals surface area contributed by atoms with Gasteiger partial charge in [0.05, 0.1) is 41.5 Å². The predicted octanol–water partition coefficient (Wildman–Crippen LogP) is 2.11. The van der Waals surface area contributed by atoms with Crippen LogP contribution >= 0.6 is 0 Å². The number of amides is 1. The second-order valence-electron chi connectivity index (χ2n) is 7.52. The average molecular weight is 474 g/mol. The van der Waals surface area contributed by atoms with E-state index in [1.807, 2.05) is 0 Å². The van der Waals surface area contributed by atoms with E-state index in [0.717, 1.165) is 7.11 Å². The third kappa shape index (κ3) is 4.41. The fraction of sp³-hybridized carbons (Fsp3) is 0.391. The van der Waals surface area contributed by atoms with Crippen LogP contribution < -0.4 is 24.3 Å². The molecule has 1 saturated heterocycles. The first-order chi connectivity index (χ1) is 16.3. The van der Waals surface area contributed by atoms with Gasteiger partial charge in [0.25, 0.3) is 0 Å². The fourth-order valence-corrected chi connectivity index (χ4v) is 4.31. The van der Waals surface area contributed by atoms with Gasteiger partial charge in [0.1, 0.15) is 12.0 Å². The Labute approximate surface area is 196 Å². The van der Waals surface area contributed by atoms with E-state index in [2.05, 4.69) is 5.32 Å². The Morgan fingerprint density at radius 3 is 1.82 bits per heavy atom. The minimum absolute atomic E-state index is 0.305. The summed E-state index contributed by atoms with van der Waals surface area (Å²) in [5, 5.41) is 15.1. The maximum atomic E-state index is 13.1. The van der Waals surface area contributed by atoms with E-state index in [1.165, 1.54) is 34.5 Å². The third-order valence-corrected chi connectivity index (χ3v) is 5.91. The number of ether oxygens (including phenoxy) is 5. The molecule has 0 bridgehead atoms. The average Bonchev–Trinajstić information content (AvgIpc) is 2.86. The van der Waals surface area contributed by atoms with Crippen LogP contribution in [0.25, 0.3) is 0 Å². The summed E-state index contributed by atoms with van der Waals surface area (Å²) in [5.41, 5.74) is 0.775. The summed E-state index contributed by atoms with van der Waals surface area (Å²) in [6, 6.07) is 6.94. The number of carbonyl (C=O) groups excluding carboxylic acids is 2. The molecule has 1 N–H and O–H groups in total. The van der Waals surface area contributed by atoms with Gasteiger partial charge in [-0.15, -0.1) is 0 Å². The Balaban J connectivity index is 2.20. The van der Waals surface area contributed by atoms with E-state index in [1.54, 1.807) is 30.3 Å². The molecule has 0 aliphatic carbocycles. The molecule has 1 aliphatic rings. The van der Waals surface area contributed by atoms with Crippen LogP contribution in [0.2, 0.25) is 0 Å². The fourth-order valence-electron chi connectivity index (χ4n) is 4.31. The van der Waals surface area contributed by atoms with Crippen molar-refractivity contribution in [2.45, 2.75) is 18.0 Å². The topological polar surface area (TPSA) is 135 Å². The van der Waals surface area contributed by atoms with Crippen molar-refractivity contribution in [1.82, 2.24) is 5.32 Å². The summed E-state index contributed by atoms with van der Waals surface area (Å²) in [5.74, 6) is -2.71. The zero-order chi connectivity index (χ0) is 25.0. The Hall–Kier alpha value is -4.02. The van der Waals surface area contributed by atoms with Crippen molar-refractivity contribution in [3.63, 3.8) is 0 Å². The number of nitrogens with one attached hydrogen (secondary N) is 1. The van der Waals surface area contributed by atoms with Crippen LogP contribution in [0.4, 0.5) is 0 Å². The number of rotatable bonds is 8. The molecule has 1 heterocycles. The zero-order valence-electron chi connectivity index (χ0n) is 19.4. The van der Waals surface area contributed by atoms with E-state index in [0.29, 0.717) is 34.1 Å². The quantitative estimate of drug-likeness (QED) is 0.264. The van der Waals surface area contributed by atoms with E-state index in [4.69, 9.17) is 23.7 Å².